The quantitative estimate of drug-likeness (QED) is 0.801. The summed E-state index contributed by atoms with van der Waals surface area (Å²) in [7, 11) is -4.91. The zero-order chi connectivity index (χ0) is 18.5. The SMILES string of the molecule is O=C1NC(c2ccccc2)=C2C(=O)N(S(=O)(=O)O)C(c3ccccc3)=C12. The first-order valence-electron chi connectivity index (χ1n) is 7.63. The molecule has 2 aliphatic heterocycles. The molecule has 0 aromatic heterocycles. The number of amides is 2. The number of hydrogen-bond donors (Lipinski definition) is 2. The molecule has 0 saturated heterocycles. The molecule has 2 aliphatic rings. The van der Waals surface area contributed by atoms with Crippen LogP contribution in [0.15, 0.2) is 71.8 Å². The van der Waals surface area contributed by atoms with Crippen LogP contribution in [-0.2, 0) is 19.9 Å². The molecule has 0 saturated carbocycles. The van der Waals surface area contributed by atoms with Crippen LogP contribution in [-0.4, -0.2) is 29.1 Å². The van der Waals surface area contributed by atoms with E-state index in [1.165, 1.54) is 0 Å². The van der Waals surface area contributed by atoms with E-state index < -0.39 is 22.1 Å². The van der Waals surface area contributed by atoms with E-state index in [9.17, 15) is 22.6 Å². The first kappa shape index (κ1) is 16.2. The number of benzene rings is 2. The number of carbonyl (C=O) groups is 2. The lowest BCUT2D eigenvalue weighted by atomic mass is 10.0. The van der Waals surface area contributed by atoms with Crippen molar-refractivity contribution in [3.05, 3.63) is 82.9 Å². The second kappa shape index (κ2) is 5.65. The summed E-state index contributed by atoms with van der Waals surface area (Å²) in [4.78, 5) is 25.4. The Bertz CT molecular complexity index is 1100. The van der Waals surface area contributed by atoms with Gasteiger partial charge in [0.05, 0.1) is 22.5 Å². The molecule has 0 bridgehead atoms. The molecule has 0 aliphatic carbocycles. The van der Waals surface area contributed by atoms with Gasteiger partial charge in [-0.1, -0.05) is 60.7 Å². The van der Waals surface area contributed by atoms with Gasteiger partial charge in [0.15, 0.2) is 0 Å². The topological polar surface area (TPSA) is 104 Å². The van der Waals surface area contributed by atoms with E-state index in [1.807, 2.05) is 0 Å². The van der Waals surface area contributed by atoms with E-state index >= 15 is 0 Å². The van der Waals surface area contributed by atoms with Gasteiger partial charge in [-0.3, -0.25) is 14.1 Å². The van der Waals surface area contributed by atoms with Crippen molar-refractivity contribution in [3.8, 4) is 0 Å². The Balaban J connectivity index is 2.05. The van der Waals surface area contributed by atoms with Gasteiger partial charge in [-0.05, 0) is 5.56 Å². The Morgan fingerprint density at radius 2 is 1.35 bits per heavy atom. The summed E-state index contributed by atoms with van der Waals surface area (Å²) >= 11 is 0. The molecule has 0 radical (unpaired) electrons. The third-order valence-electron chi connectivity index (χ3n) is 4.14. The van der Waals surface area contributed by atoms with Crippen molar-refractivity contribution in [2.45, 2.75) is 0 Å². The fourth-order valence-corrected chi connectivity index (χ4v) is 3.85. The lowest BCUT2D eigenvalue weighted by Gasteiger charge is -2.17. The molecule has 0 spiro atoms. The first-order valence-corrected chi connectivity index (χ1v) is 9.02. The van der Waals surface area contributed by atoms with Crippen molar-refractivity contribution in [2.75, 3.05) is 0 Å². The maximum atomic E-state index is 12.8. The Hall–Kier alpha value is -3.23. The highest BCUT2D eigenvalue weighted by Crippen LogP contribution is 2.43. The van der Waals surface area contributed by atoms with E-state index in [4.69, 9.17) is 0 Å². The van der Waals surface area contributed by atoms with Crippen molar-refractivity contribution in [2.24, 2.45) is 0 Å². The third kappa shape index (κ3) is 2.35. The van der Waals surface area contributed by atoms with Crippen LogP contribution in [0.2, 0.25) is 0 Å². The van der Waals surface area contributed by atoms with Crippen LogP contribution in [0.1, 0.15) is 11.1 Å². The van der Waals surface area contributed by atoms with Crippen LogP contribution in [0.4, 0.5) is 0 Å². The predicted molar refractivity (Wildman–Crippen MR) is 93.3 cm³/mol. The van der Waals surface area contributed by atoms with Gasteiger partial charge in [-0.15, -0.1) is 0 Å². The summed E-state index contributed by atoms with van der Waals surface area (Å²) < 4.78 is 33.6. The summed E-state index contributed by atoms with van der Waals surface area (Å²) in [6, 6.07) is 16.7. The molecule has 8 heteroatoms. The molecule has 2 aromatic carbocycles. The fourth-order valence-electron chi connectivity index (χ4n) is 3.12. The molecular formula is C18H12N2O5S. The van der Waals surface area contributed by atoms with Crippen LogP contribution in [0.25, 0.3) is 11.4 Å². The summed E-state index contributed by atoms with van der Waals surface area (Å²) in [5, 5.41) is 2.63. The molecule has 0 atom stereocenters. The van der Waals surface area contributed by atoms with E-state index in [-0.39, 0.29) is 26.8 Å². The molecule has 7 nitrogen and oxygen atoms in total. The van der Waals surface area contributed by atoms with Gasteiger partial charge < -0.3 is 5.32 Å². The van der Waals surface area contributed by atoms with E-state index in [0.717, 1.165) is 0 Å². The summed E-state index contributed by atoms with van der Waals surface area (Å²) in [5.41, 5.74) is 0.804. The van der Waals surface area contributed by atoms with Gasteiger partial charge in [-0.25, -0.2) is 0 Å². The summed E-state index contributed by atoms with van der Waals surface area (Å²) in [5.74, 6) is -1.57. The number of nitrogens with zero attached hydrogens (tertiary/aromatic N) is 1. The fraction of sp³-hybridized carbons (Fsp3) is 0. The molecular weight excluding hydrogens is 356 g/mol. The van der Waals surface area contributed by atoms with E-state index in [1.54, 1.807) is 60.7 Å². The Morgan fingerprint density at radius 1 is 0.808 bits per heavy atom. The number of nitrogens with one attached hydrogen (secondary N) is 1. The van der Waals surface area contributed by atoms with Crippen LogP contribution in [0.5, 0.6) is 0 Å². The normalized spacial score (nSPS) is 17.0. The van der Waals surface area contributed by atoms with Crippen molar-refractivity contribution < 1.29 is 22.6 Å². The van der Waals surface area contributed by atoms with E-state index in [2.05, 4.69) is 5.32 Å². The molecule has 2 heterocycles. The Kier molecular flexibility index (Phi) is 3.53. The highest BCUT2D eigenvalue weighted by atomic mass is 32.2. The van der Waals surface area contributed by atoms with Crippen LogP contribution < -0.4 is 5.32 Å². The van der Waals surface area contributed by atoms with Gasteiger partial charge in [0.1, 0.15) is 0 Å². The molecule has 26 heavy (non-hydrogen) atoms. The molecule has 2 N–H and O–H groups in total. The highest BCUT2D eigenvalue weighted by Gasteiger charge is 2.49. The molecule has 4 rings (SSSR count). The van der Waals surface area contributed by atoms with Gasteiger partial charge in [0.25, 0.3) is 11.8 Å². The molecule has 0 unspecified atom stereocenters. The maximum absolute atomic E-state index is 12.8. The average Bonchev–Trinajstić information content (AvgIpc) is 3.12. The van der Waals surface area contributed by atoms with Crippen molar-refractivity contribution in [1.29, 1.82) is 0 Å². The molecule has 2 aromatic rings. The minimum atomic E-state index is -4.91. The zero-order valence-corrected chi connectivity index (χ0v) is 14.0. The van der Waals surface area contributed by atoms with Gasteiger partial charge in [0.2, 0.25) is 0 Å². The first-order chi connectivity index (χ1) is 12.4. The predicted octanol–water partition coefficient (Wildman–Crippen LogP) is 1.58. The largest absolute Gasteiger partial charge is 0.366 e. The van der Waals surface area contributed by atoms with Crippen molar-refractivity contribution in [1.82, 2.24) is 9.62 Å². The van der Waals surface area contributed by atoms with E-state index in [0.29, 0.717) is 11.1 Å². The summed E-state index contributed by atoms with van der Waals surface area (Å²) in [6.07, 6.45) is 0. The minimum absolute atomic E-state index is 0.0716. The third-order valence-corrected chi connectivity index (χ3v) is 4.95. The van der Waals surface area contributed by atoms with Crippen LogP contribution in [0.3, 0.4) is 0 Å². The maximum Gasteiger partial charge on any atom is 0.366 e. The lowest BCUT2D eigenvalue weighted by Crippen LogP contribution is -2.32. The van der Waals surface area contributed by atoms with Gasteiger partial charge in [0, 0.05) is 5.56 Å². The number of carbonyl (C=O) groups excluding carboxylic acids is 2. The van der Waals surface area contributed by atoms with Crippen molar-refractivity contribution in [3.63, 3.8) is 0 Å². The standard InChI is InChI=1S/C18H12N2O5S/c21-17-14-13(15(19-17)11-7-3-1-4-8-11)18(22)20(26(23,24)25)16(14)12-9-5-2-6-10-12/h1-10H,(H,19,21)(H,23,24,25). The zero-order valence-electron chi connectivity index (χ0n) is 13.2. The smallest absolute Gasteiger partial charge is 0.321 e. The number of rotatable bonds is 3. The van der Waals surface area contributed by atoms with Gasteiger partial charge >= 0.3 is 10.3 Å². The monoisotopic (exact) mass is 368 g/mol. The molecule has 130 valence electrons. The molecule has 2 amide bonds. The second-order valence-corrected chi connectivity index (χ2v) is 6.97. The average molecular weight is 368 g/mol. The molecule has 0 fully saturated rings. The van der Waals surface area contributed by atoms with Crippen molar-refractivity contribution >= 4 is 33.5 Å². The van der Waals surface area contributed by atoms with Gasteiger partial charge in [-0.2, -0.15) is 12.7 Å². The minimum Gasteiger partial charge on any atom is -0.321 e. The highest BCUT2D eigenvalue weighted by molar-refractivity contribution is 7.84. The number of fused-ring (bicyclic) bond motifs is 1. The Labute approximate surface area is 149 Å². The Morgan fingerprint density at radius 3 is 1.88 bits per heavy atom. The lowest BCUT2D eigenvalue weighted by molar-refractivity contribution is -0.120. The summed E-state index contributed by atoms with van der Waals surface area (Å²) in [6.45, 7) is 0. The van der Waals surface area contributed by atoms with Crippen LogP contribution in [0, 0.1) is 0 Å². The van der Waals surface area contributed by atoms with Crippen LogP contribution >= 0.6 is 0 Å². The number of hydrogen-bond acceptors (Lipinski definition) is 4. The second-order valence-electron chi connectivity index (χ2n) is 5.71.